The highest BCUT2D eigenvalue weighted by Crippen LogP contribution is 2.21. The lowest BCUT2D eigenvalue weighted by Crippen LogP contribution is -2.25. The second kappa shape index (κ2) is 10.1. The smallest absolute Gasteiger partial charge is 0.252 e. The molecule has 2 N–H and O–H groups in total. The highest BCUT2D eigenvalue weighted by molar-refractivity contribution is 5.94. The predicted molar refractivity (Wildman–Crippen MR) is 107 cm³/mol. The summed E-state index contributed by atoms with van der Waals surface area (Å²) in [6, 6.07) is 1.90. The SMILES string of the molecule is O=C(NCCC1=CCCCC1)c1cncc(NCCC2=CCCCC2)c1. The Hall–Kier alpha value is -2.10. The van der Waals surface area contributed by atoms with Crippen LogP contribution in [0, 0.1) is 0 Å². The molecular formula is C22H31N3O. The maximum Gasteiger partial charge on any atom is 0.252 e. The van der Waals surface area contributed by atoms with E-state index in [0.717, 1.165) is 25.1 Å². The van der Waals surface area contributed by atoms with Gasteiger partial charge in [-0.3, -0.25) is 9.78 Å². The first-order chi connectivity index (χ1) is 12.8. The summed E-state index contributed by atoms with van der Waals surface area (Å²) < 4.78 is 0. The minimum atomic E-state index is -0.0347. The maximum atomic E-state index is 12.4. The highest BCUT2D eigenvalue weighted by atomic mass is 16.1. The average molecular weight is 354 g/mol. The molecule has 1 aromatic heterocycles. The van der Waals surface area contributed by atoms with Gasteiger partial charge in [-0.25, -0.2) is 0 Å². The van der Waals surface area contributed by atoms with E-state index in [1.165, 1.54) is 56.9 Å². The lowest BCUT2D eigenvalue weighted by Gasteiger charge is -2.14. The summed E-state index contributed by atoms with van der Waals surface area (Å²) in [4.78, 5) is 16.6. The molecule has 26 heavy (non-hydrogen) atoms. The molecule has 0 saturated heterocycles. The van der Waals surface area contributed by atoms with E-state index in [-0.39, 0.29) is 5.91 Å². The molecule has 0 aliphatic heterocycles. The third-order valence-corrected chi connectivity index (χ3v) is 5.28. The molecule has 1 amide bonds. The van der Waals surface area contributed by atoms with Gasteiger partial charge in [0.15, 0.2) is 0 Å². The molecule has 0 spiro atoms. The Labute approximate surface area is 157 Å². The third kappa shape index (κ3) is 6.01. The van der Waals surface area contributed by atoms with Gasteiger partial charge >= 0.3 is 0 Å². The number of aromatic nitrogens is 1. The first-order valence-electron chi connectivity index (χ1n) is 10.1. The van der Waals surface area contributed by atoms with Crippen LogP contribution in [0.2, 0.25) is 0 Å². The summed E-state index contributed by atoms with van der Waals surface area (Å²) in [5.74, 6) is -0.0347. The number of pyridine rings is 1. The Balaban J connectivity index is 1.42. The number of nitrogens with one attached hydrogen (secondary N) is 2. The quantitative estimate of drug-likeness (QED) is 0.646. The van der Waals surface area contributed by atoms with Crippen molar-refractivity contribution in [3.63, 3.8) is 0 Å². The van der Waals surface area contributed by atoms with Crippen LogP contribution in [0.5, 0.6) is 0 Å². The highest BCUT2D eigenvalue weighted by Gasteiger charge is 2.09. The van der Waals surface area contributed by atoms with Crippen LogP contribution in [-0.2, 0) is 0 Å². The van der Waals surface area contributed by atoms with E-state index in [4.69, 9.17) is 0 Å². The van der Waals surface area contributed by atoms with Gasteiger partial charge in [-0.05, 0) is 70.3 Å². The van der Waals surface area contributed by atoms with Gasteiger partial charge in [0.2, 0.25) is 0 Å². The Morgan fingerprint density at radius 2 is 1.62 bits per heavy atom. The number of allylic oxidation sites excluding steroid dienone is 2. The van der Waals surface area contributed by atoms with Crippen LogP contribution < -0.4 is 10.6 Å². The molecule has 0 fully saturated rings. The molecule has 0 unspecified atom stereocenters. The number of anilines is 1. The topological polar surface area (TPSA) is 54.0 Å². The number of amides is 1. The summed E-state index contributed by atoms with van der Waals surface area (Å²) in [7, 11) is 0. The van der Waals surface area contributed by atoms with Crippen LogP contribution >= 0.6 is 0 Å². The molecule has 0 saturated carbocycles. The van der Waals surface area contributed by atoms with Crippen molar-refractivity contribution in [1.29, 1.82) is 0 Å². The number of carbonyl (C=O) groups excluding carboxylic acids is 1. The lowest BCUT2D eigenvalue weighted by atomic mass is 9.97. The van der Waals surface area contributed by atoms with Gasteiger partial charge in [-0.2, -0.15) is 0 Å². The minimum absolute atomic E-state index is 0.0347. The van der Waals surface area contributed by atoms with Crippen LogP contribution in [0.15, 0.2) is 41.8 Å². The summed E-state index contributed by atoms with van der Waals surface area (Å²) in [5.41, 5.74) is 4.60. The molecular weight excluding hydrogens is 322 g/mol. The standard InChI is InChI=1S/C22H31N3O/c26-22(25-14-12-19-9-5-2-6-10-19)20-15-21(17-23-16-20)24-13-11-18-7-3-1-4-8-18/h7,9,15-17,24H,1-6,8,10-14H2,(H,25,26). The molecule has 3 rings (SSSR count). The maximum absolute atomic E-state index is 12.4. The van der Waals surface area contributed by atoms with Gasteiger partial charge in [0.1, 0.15) is 0 Å². The summed E-state index contributed by atoms with van der Waals surface area (Å²) >= 11 is 0. The molecule has 4 nitrogen and oxygen atoms in total. The van der Waals surface area contributed by atoms with Crippen LogP contribution in [0.1, 0.15) is 74.6 Å². The van der Waals surface area contributed by atoms with E-state index < -0.39 is 0 Å². The van der Waals surface area contributed by atoms with Crippen molar-refractivity contribution < 1.29 is 4.79 Å². The first-order valence-corrected chi connectivity index (χ1v) is 10.1. The minimum Gasteiger partial charge on any atom is -0.383 e. The second-order valence-electron chi connectivity index (χ2n) is 7.36. The molecule has 1 aromatic rings. The van der Waals surface area contributed by atoms with Gasteiger partial charge in [-0.15, -0.1) is 0 Å². The van der Waals surface area contributed by atoms with Crippen LogP contribution in [0.25, 0.3) is 0 Å². The van der Waals surface area contributed by atoms with Crippen LogP contribution in [0.4, 0.5) is 5.69 Å². The van der Waals surface area contributed by atoms with E-state index >= 15 is 0 Å². The van der Waals surface area contributed by atoms with E-state index in [2.05, 4.69) is 27.8 Å². The lowest BCUT2D eigenvalue weighted by molar-refractivity contribution is 0.0953. The fraction of sp³-hybridized carbons (Fsp3) is 0.545. The number of rotatable bonds is 8. The number of hydrogen-bond acceptors (Lipinski definition) is 3. The average Bonchev–Trinajstić information content (AvgIpc) is 2.70. The molecule has 2 aliphatic rings. The molecule has 0 aromatic carbocycles. The number of carbonyl (C=O) groups is 1. The molecule has 1 heterocycles. The molecule has 140 valence electrons. The van der Waals surface area contributed by atoms with Crippen molar-refractivity contribution in [3.8, 4) is 0 Å². The first kappa shape index (κ1) is 18.7. The van der Waals surface area contributed by atoms with Gasteiger partial charge in [0, 0.05) is 25.5 Å². The van der Waals surface area contributed by atoms with Gasteiger partial charge in [-0.1, -0.05) is 23.3 Å². The third-order valence-electron chi connectivity index (χ3n) is 5.28. The van der Waals surface area contributed by atoms with Gasteiger partial charge in [0.25, 0.3) is 5.91 Å². The molecule has 2 aliphatic carbocycles. The summed E-state index contributed by atoms with van der Waals surface area (Å²) in [6.07, 6.45) is 20.3. The van der Waals surface area contributed by atoms with Gasteiger partial charge < -0.3 is 10.6 Å². The Morgan fingerprint density at radius 1 is 0.923 bits per heavy atom. The summed E-state index contributed by atoms with van der Waals surface area (Å²) in [6.45, 7) is 1.60. The van der Waals surface area contributed by atoms with Crippen LogP contribution in [-0.4, -0.2) is 24.0 Å². The second-order valence-corrected chi connectivity index (χ2v) is 7.36. The van der Waals surface area contributed by atoms with Crippen molar-refractivity contribution in [1.82, 2.24) is 10.3 Å². The largest absolute Gasteiger partial charge is 0.383 e. The summed E-state index contributed by atoms with van der Waals surface area (Å²) in [5, 5.41) is 6.43. The van der Waals surface area contributed by atoms with Crippen molar-refractivity contribution >= 4 is 11.6 Å². The van der Waals surface area contributed by atoms with Crippen molar-refractivity contribution in [3.05, 3.63) is 47.3 Å². The van der Waals surface area contributed by atoms with E-state index in [1.807, 2.05) is 6.07 Å². The zero-order valence-electron chi connectivity index (χ0n) is 15.7. The van der Waals surface area contributed by atoms with Crippen molar-refractivity contribution in [2.75, 3.05) is 18.4 Å². The predicted octanol–water partition coefficient (Wildman–Crippen LogP) is 5.00. The fourth-order valence-corrected chi connectivity index (χ4v) is 3.73. The zero-order valence-corrected chi connectivity index (χ0v) is 15.7. The van der Waals surface area contributed by atoms with E-state index in [0.29, 0.717) is 12.1 Å². The van der Waals surface area contributed by atoms with E-state index in [1.54, 1.807) is 18.0 Å². The fourth-order valence-electron chi connectivity index (χ4n) is 3.73. The molecule has 0 bridgehead atoms. The number of nitrogens with zero attached hydrogens (tertiary/aromatic N) is 1. The molecule has 0 atom stereocenters. The Kier molecular flexibility index (Phi) is 7.29. The normalized spacial score (nSPS) is 17.2. The van der Waals surface area contributed by atoms with Crippen molar-refractivity contribution in [2.45, 2.75) is 64.2 Å². The van der Waals surface area contributed by atoms with Gasteiger partial charge in [0.05, 0.1) is 11.3 Å². The van der Waals surface area contributed by atoms with Crippen LogP contribution in [0.3, 0.4) is 0 Å². The van der Waals surface area contributed by atoms with E-state index in [9.17, 15) is 4.79 Å². The molecule has 4 heteroatoms. The Morgan fingerprint density at radius 3 is 2.27 bits per heavy atom. The zero-order chi connectivity index (χ0) is 18.0. The Bertz CT molecular complexity index is 663. The monoisotopic (exact) mass is 353 g/mol. The van der Waals surface area contributed by atoms with Crippen molar-refractivity contribution in [2.24, 2.45) is 0 Å². The number of hydrogen-bond donors (Lipinski definition) is 2. The molecule has 0 radical (unpaired) electrons.